The summed E-state index contributed by atoms with van der Waals surface area (Å²) in [6.45, 7) is 0. The summed E-state index contributed by atoms with van der Waals surface area (Å²) in [5.41, 5.74) is 12.5. The van der Waals surface area contributed by atoms with Crippen molar-refractivity contribution in [2.24, 2.45) is 0 Å². The first-order chi connectivity index (χ1) is 27.2. The van der Waals surface area contributed by atoms with Crippen LogP contribution in [0.1, 0.15) is 22.3 Å². The van der Waals surface area contributed by atoms with Gasteiger partial charge < -0.3 is 9.47 Å². The van der Waals surface area contributed by atoms with Crippen LogP contribution in [0.5, 0.6) is 23.0 Å². The van der Waals surface area contributed by atoms with Gasteiger partial charge in [0.15, 0.2) is 28.8 Å². The van der Waals surface area contributed by atoms with Crippen molar-refractivity contribution in [1.82, 2.24) is 9.97 Å². The molecule has 8 aromatic carbocycles. The van der Waals surface area contributed by atoms with Crippen molar-refractivity contribution in [2.75, 3.05) is 0 Å². The van der Waals surface area contributed by atoms with Crippen LogP contribution in [-0.4, -0.2) is 9.97 Å². The molecule has 0 atom stereocenters. The van der Waals surface area contributed by atoms with Gasteiger partial charge in [-0.05, 0) is 80.9 Å². The number of nitrogens with zero attached hydrogens (tertiary/aromatic N) is 2. The SMILES string of the molecule is c1ccc(-c2nc(-c3cccc(-c4ccc5c(c4)Oc4cc6c(cc4O5)C(c4ccccc4)(c4ccccc4)c4ccccc4-6)c3)nc3ccccc23)cc1. The molecule has 0 amide bonds. The number of hydrogen-bond donors (Lipinski definition) is 0. The van der Waals surface area contributed by atoms with Crippen LogP contribution in [0.2, 0.25) is 0 Å². The Hall–Kier alpha value is -7.30. The van der Waals surface area contributed by atoms with Crippen molar-refractivity contribution < 1.29 is 9.47 Å². The third-order valence-corrected chi connectivity index (χ3v) is 11.0. The summed E-state index contributed by atoms with van der Waals surface area (Å²) in [4.78, 5) is 10.1. The van der Waals surface area contributed by atoms with E-state index in [2.05, 4.69) is 152 Å². The number of aromatic nitrogens is 2. The van der Waals surface area contributed by atoms with Crippen LogP contribution in [0.4, 0.5) is 0 Å². The summed E-state index contributed by atoms with van der Waals surface area (Å²) in [7, 11) is 0. The summed E-state index contributed by atoms with van der Waals surface area (Å²) in [5.74, 6) is 3.43. The minimum Gasteiger partial charge on any atom is -0.450 e. The number of para-hydroxylation sites is 1. The molecule has 0 bridgehead atoms. The predicted molar refractivity (Wildman–Crippen MR) is 220 cm³/mol. The fourth-order valence-electron chi connectivity index (χ4n) is 8.56. The lowest BCUT2D eigenvalue weighted by molar-refractivity contribution is 0.359. The Kier molecular flexibility index (Phi) is 7.04. The van der Waals surface area contributed by atoms with Crippen molar-refractivity contribution >= 4 is 10.9 Å². The number of fused-ring (bicyclic) bond motifs is 6. The molecule has 0 unspecified atom stereocenters. The molecule has 9 aromatic rings. The van der Waals surface area contributed by atoms with E-state index in [1.165, 1.54) is 27.8 Å². The second-order valence-electron chi connectivity index (χ2n) is 14.1. The van der Waals surface area contributed by atoms with Crippen LogP contribution in [0.15, 0.2) is 194 Å². The highest BCUT2D eigenvalue weighted by atomic mass is 16.6. The van der Waals surface area contributed by atoms with Gasteiger partial charge >= 0.3 is 0 Å². The van der Waals surface area contributed by atoms with Gasteiger partial charge in [0, 0.05) is 16.5 Å². The van der Waals surface area contributed by atoms with Crippen LogP contribution in [0, 0.1) is 0 Å². The molecule has 258 valence electrons. The van der Waals surface area contributed by atoms with Crippen LogP contribution in [-0.2, 0) is 5.41 Å². The molecule has 0 saturated heterocycles. The molecule has 2 heterocycles. The van der Waals surface area contributed by atoms with E-state index in [1.807, 2.05) is 42.5 Å². The molecule has 1 aliphatic carbocycles. The Labute approximate surface area is 319 Å². The quantitative estimate of drug-likeness (QED) is 0.179. The van der Waals surface area contributed by atoms with E-state index < -0.39 is 5.41 Å². The lowest BCUT2D eigenvalue weighted by atomic mass is 9.67. The highest BCUT2D eigenvalue weighted by Gasteiger charge is 2.47. The molecule has 2 aliphatic rings. The maximum Gasteiger partial charge on any atom is 0.170 e. The minimum atomic E-state index is -0.515. The van der Waals surface area contributed by atoms with Crippen LogP contribution >= 0.6 is 0 Å². The standard InChI is InChI=1S/C51H32N2O2/c1-4-15-33(16-5-1)49-40-24-11-13-26-44(40)52-50(53-49)36-18-14-17-34(29-36)35-27-28-45-46(30-35)55-47-31-41-39-23-10-12-25-42(39)51(37-19-6-2-7-20-37,38-21-8-3-9-22-38)43(41)32-48(47)54-45/h1-32H. The number of rotatable bonds is 5. The topological polar surface area (TPSA) is 44.2 Å². The summed E-state index contributed by atoms with van der Waals surface area (Å²) in [6, 6.07) is 67.7. The van der Waals surface area contributed by atoms with Gasteiger partial charge in [0.2, 0.25) is 0 Å². The van der Waals surface area contributed by atoms with Gasteiger partial charge in [-0.2, -0.15) is 0 Å². The Morgan fingerprint density at radius 2 is 0.964 bits per heavy atom. The predicted octanol–water partition coefficient (Wildman–Crippen LogP) is 12.9. The molecule has 55 heavy (non-hydrogen) atoms. The summed E-state index contributed by atoms with van der Waals surface area (Å²) in [5, 5.41) is 1.03. The van der Waals surface area contributed by atoms with Crippen LogP contribution < -0.4 is 9.47 Å². The number of benzene rings is 8. The highest BCUT2D eigenvalue weighted by molar-refractivity contribution is 5.94. The van der Waals surface area contributed by atoms with Crippen molar-refractivity contribution in [3.63, 3.8) is 0 Å². The fourth-order valence-corrected chi connectivity index (χ4v) is 8.56. The van der Waals surface area contributed by atoms with Crippen molar-refractivity contribution in [3.8, 4) is 67.9 Å². The normalized spacial score (nSPS) is 13.2. The zero-order chi connectivity index (χ0) is 36.3. The van der Waals surface area contributed by atoms with Crippen LogP contribution in [0.3, 0.4) is 0 Å². The zero-order valence-corrected chi connectivity index (χ0v) is 29.7. The van der Waals surface area contributed by atoms with Gasteiger partial charge in [0.05, 0.1) is 16.6 Å². The van der Waals surface area contributed by atoms with E-state index in [-0.39, 0.29) is 0 Å². The maximum atomic E-state index is 6.74. The van der Waals surface area contributed by atoms with Crippen molar-refractivity contribution in [2.45, 2.75) is 5.41 Å². The molecule has 4 heteroatoms. The Bertz CT molecular complexity index is 2880. The smallest absolute Gasteiger partial charge is 0.170 e. The Morgan fingerprint density at radius 3 is 1.76 bits per heavy atom. The van der Waals surface area contributed by atoms with Gasteiger partial charge in [0.1, 0.15) is 0 Å². The molecule has 4 nitrogen and oxygen atoms in total. The summed E-state index contributed by atoms with van der Waals surface area (Å²) in [6.07, 6.45) is 0. The second kappa shape index (κ2) is 12.4. The van der Waals surface area contributed by atoms with E-state index in [1.54, 1.807) is 0 Å². The Balaban J connectivity index is 0.990. The van der Waals surface area contributed by atoms with E-state index in [4.69, 9.17) is 19.4 Å². The molecule has 0 spiro atoms. The van der Waals surface area contributed by atoms with Gasteiger partial charge in [-0.3, -0.25) is 0 Å². The van der Waals surface area contributed by atoms with Gasteiger partial charge in [-0.15, -0.1) is 0 Å². The molecule has 0 saturated carbocycles. The molecule has 0 N–H and O–H groups in total. The van der Waals surface area contributed by atoms with Crippen molar-refractivity contribution in [3.05, 3.63) is 216 Å². The first kappa shape index (κ1) is 31.2. The van der Waals surface area contributed by atoms with E-state index >= 15 is 0 Å². The first-order valence-corrected chi connectivity index (χ1v) is 18.6. The molecule has 1 aliphatic heterocycles. The fraction of sp³-hybridized carbons (Fsp3) is 0.0196. The third kappa shape index (κ3) is 4.92. The summed E-state index contributed by atoms with van der Waals surface area (Å²) >= 11 is 0. The average Bonchev–Trinajstić information content (AvgIpc) is 3.55. The molecule has 11 rings (SSSR count). The molecular weight excluding hydrogens is 673 g/mol. The summed E-state index contributed by atoms with van der Waals surface area (Å²) < 4.78 is 13.4. The molecule has 1 aromatic heterocycles. The van der Waals surface area contributed by atoms with E-state index in [0.717, 1.165) is 44.4 Å². The number of hydrogen-bond acceptors (Lipinski definition) is 4. The first-order valence-electron chi connectivity index (χ1n) is 18.6. The minimum absolute atomic E-state index is 0.515. The number of ether oxygens (including phenoxy) is 2. The van der Waals surface area contributed by atoms with Gasteiger partial charge in [-0.1, -0.05) is 158 Å². The average molecular weight is 705 g/mol. The molecule has 0 fully saturated rings. The van der Waals surface area contributed by atoms with E-state index in [0.29, 0.717) is 28.8 Å². The van der Waals surface area contributed by atoms with Gasteiger partial charge in [-0.25, -0.2) is 9.97 Å². The molecule has 0 radical (unpaired) electrons. The van der Waals surface area contributed by atoms with E-state index in [9.17, 15) is 0 Å². The van der Waals surface area contributed by atoms with Crippen LogP contribution in [0.25, 0.3) is 55.8 Å². The maximum absolute atomic E-state index is 6.74. The van der Waals surface area contributed by atoms with Gasteiger partial charge in [0.25, 0.3) is 0 Å². The lowest BCUT2D eigenvalue weighted by Gasteiger charge is -2.34. The van der Waals surface area contributed by atoms with Crippen molar-refractivity contribution in [1.29, 1.82) is 0 Å². The largest absolute Gasteiger partial charge is 0.450 e. The Morgan fingerprint density at radius 1 is 0.364 bits per heavy atom. The monoisotopic (exact) mass is 704 g/mol. The highest BCUT2D eigenvalue weighted by Crippen LogP contribution is 2.59. The zero-order valence-electron chi connectivity index (χ0n) is 29.7. The molecular formula is C51H32N2O2. The third-order valence-electron chi connectivity index (χ3n) is 11.0. The lowest BCUT2D eigenvalue weighted by Crippen LogP contribution is -2.28. The second-order valence-corrected chi connectivity index (χ2v) is 14.1.